The Hall–Kier alpha value is -1.60. The lowest BCUT2D eigenvalue weighted by atomic mass is 9.90. The number of rotatable bonds is 4. The lowest BCUT2D eigenvalue weighted by Gasteiger charge is -2.35. The summed E-state index contributed by atoms with van der Waals surface area (Å²) in [6.45, 7) is 1.16. The lowest BCUT2D eigenvalue weighted by molar-refractivity contribution is -0.148. The molecule has 0 spiro atoms. The molecular weight excluding hydrogens is 280 g/mol. The van der Waals surface area contributed by atoms with Gasteiger partial charge in [-0.1, -0.05) is 0 Å². The minimum absolute atomic E-state index is 0.292. The van der Waals surface area contributed by atoms with Crippen LogP contribution in [0.4, 0.5) is 4.79 Å². The lowest BCUT2D eigenvalue weighted by Crippen LogP contribution is -2.59. The number of urea groups is 1. The van der Waals surface area contributed by atoms with Crippen molar-refractivity contribution in [1.82, 2.24) is 10.2 Å². The van der Waals surface area contributed by atoms with Gasteiger partial charge in [-0.15, -0.1) is 0 Å². The third-order valence-corrected chi connectivity index (χ3v) is 4.18. The number of carboxylic acid groups (broad SMARTS) is 1. The highest BCUT2D eigenvalue weighted by molar-refractivity contribution is 7.07. The summed E-state index contributed by atoms with van der Waals surface area (Å²) in [7, 11) is 1.65. The maximum absolute atomic E-state index is 12.2. The fourth-order valence-corrected chi connectivity index (χ4v) is 2.80. The second-order valence-corrected chi connectivity index (χ2v) is 5.70. The standard InChI is InChI=1S/C13H18N2O4S/c1-15(8-10-2-7-20-9-10)12(18)14-13(11(16)17)3-5-19-6-4-13/h2,7,9H,3-6,8H2,1H3,(H,14,18)(H,16,17). The van der Waals surface area contributed by atoms with Crippen molar-refractivity contribution in [3.8, 4) is 0 Å². The zero-order valence-electron chi connectivity index (χ0n) is 11.3. The molecular formula is C13H18N2O4S. The molecule has 0 saturated carbocycles. The molecule has 2 N–H and O–H groups in total. The van der Waals surface area contributed by atoms with Crippen LogP contribution in [0, 0.1) is 0 Å². The minimum atomic E-state index is -1.21. The van der Waals surface area contributed by atoms with Crippen LogP contribution in [0.5, 0.6) is 0 Å². The molecule has 2 rings (SSSR count). The van der Waals surface area contributed by atoms with E-state index in [1.54, 1.807) is 18.4 Å². The van der Waals surface area contributed by atoms with E-state index in [0.29, 0.717) is 32.6 Å². The first-order valence-electron chi connectivity index (χ1n) is 6.39. The first kappa shape index (κ1) is 14.8. The number of amides is 2. The average molecular weight is 298 g/mol. The van der Waals surface area contributed by atoms with Crippen LogP contribution in [0.15, 0.2) is 16.8 Å². The van der Waals surface area contributed by atoms with E-state index in [2.05, 4.69) is 5.32 Å². The number of carbonyl (C=O) groups excluding carboxylic acids is 1. The van der Waals surface area contributed by atoms with Gasteiger partial charge in [-0.25, -0.2) is 9.59 Å². The first-order valence-corrected chi connectivity index (χ1v) is 7.33. The fourth-order valence-electron chi connectivity index (χ4n) is 2.14. The summed E-state index contributed by atoms with van der Waals surface area (Å²) in [6, 6.07) is 1.57. The Morgan fingerprint density at radius 1 is 1.50 bits per heavy atom. The van der Waals surface area contributed by atoms with Crippen LogP contribution in [0.25, 0.3) is 0 Å². The molecule has 1 aliphatic heterocycles. The molecule has 2 heterocycles. The van der Waals surface area contributed by atoms with Crippen molar-refractivity contribution in [1.29, 1.82) is 0 Å². The quantitative estimate of drug-likeness (QED) is 0.883. The fraction of sp³-hybridized carbons (Fsp3) is 0.538. The second kappa shape index (κ2) is 6.23. The van der Waals surface area contributed by atoms with E-state index in [1.807, 2.05) is 16.8 Å². The molecule has 6 nitrogen and oxygen atoms in total. The highest BCUT2D eigenvalue weighted by atomic mass is 32.1. The van der Waals surface area contributed by atoms with Gasteiger partial charge in [-0.3, -0.25) is 0 Å². The van der Waals surface area contributed by atoms with Gasteiger partial charge < -0.3 is 20.1 Å². The van der Waals surface area contributed by atoms with Gasteiger partial charge in [-0.2, -0.15) is 11.3 Å². The number of nitrogens with one attached hydrogen (secondary N) is 1. The van der Waals surface area contributed by atoms with Crippen molar-refractivity contribution in [2.75, 3.05) is 20.3 Å². The van der Waals surface area contributed by atoms with Crippen LogP contribution < -0.4 is 5.32 Å². The van der Waals surface area contributed by atoms with Crippen molar-refractivity contribution >= 4 is 23.3 Å². The molecule has 7 heteroatoms. The molecule has 20 heavy (non-hydrogen) atoms. The number of thiophene rings is 1. The Kier molecular flexibility index (Phi) is 4.61. The smallest absolute Gasteiger partial charge is 0.329 e. The molecule has 1 saturated heterocycles. The normalized spacial score (nSPS) is 17.4. The number of hydrogen-bond acceptors (Lipinski definition) is 4. The topological polar surface area (TPSA) is 78.9 Å². The summed E-state index contributed by atoms with van der Waals surface area (Å²) in [5.41, 5.74) is -0.179. The molecule has 1 aromatic heterocycles. The SMILES string of the molecule is CN(Cc1ccsc1)C(=O)NC1(C(=O)O)CCOCC1. The molecule has 0 radical (unpaired) electrons. The molecule has 0 aromatic carbocycles. The first-order chi connectivity index (χ1) is 9.53. The van der Waals surface area contributed by atoms with Gasteiger partial charge in [0.15, 0.2) is 0 Å². The summed E-state index contributed by atoms with van der Waals surface area (Å²) in [6.07, 6.45) is 0.584. The Morgan fingerprint density at radius 3 is 2.75 bits per heavy atom. The number of ether oxygens (including phenoxy) is 1. The summed E-state index contributed by atoms with van der Waals surface area (Å²) >= 11 is 1.56. The predicted octanol–water partition coefficient (Wildman–Crippen LogP) is 1.52. The monoisotopic (exact) mass is 298 g/mol. The average Bonchev–Trinajstić information content (AvgIpc) is 2.92. The van der Waals surface area contributed by atoms with Crippen LogP contribution >= 0.6 is 11.3 Å². The predicted molar refractivity (Wildman–Crippen MR) is 74.7 cm³/mol. The van der Waals surface area contributed by atoms with Gasteiger partial charge in [-0.05, 0) is 22.4 Å². The Morgan fingerprint density at radius 2 is 2.20 bits per heavy atom. The van der Waals surface area contributed by atoms with Crippen LogP contribution in [-0.4, -0.2) is 47.8 Å². The van der Waals surface area contributed by atoms with Crippen LogP contribution in [-0.2, 0) is 16.1 Å². The maximum atomic E-state index is 12.2. The molecule has 110 valence electrons. The highest BCUT2D eigenvalue weighted by Gasteiger charge is 2.42. The van der Waals surface area contributed by atoms with Crippen molar-refractivity contribution in [3.05, 3.63) is 22.4 Å². The summed E-state index contributed by atoms with van der Waals surface area (Å²) in [5.74, 6) is -1.00. The number of aliphatic carboxylic acids is 1. The van der Waals surface area contributed by atoms with E-state index in [0.717, 1.165) is 5.56 Å². The van der Waals surface area contributed by atoms with Gasteiger partial charge in [0.2, 0.25) is 0 Å². The summed E-state index contributed by atoms with van der Waals surface area (Å²) in [5, 5.41) is 16.0. The largest absolute Gasteiger partial charge is 0.480 e. The molecule has 1 aliphatic rings. The third kappa shape index (κ3) is 3.29. The number of hydrogen-bond donors (Lipinski definition) is 2. The summed E-state index contributed by atoms with van der Waals surface area (Å²) in [4.78, 5) is 25.1. The van der Waals surface area contributed by atoms with Crippen molar-refractivity contribution < 1.29 is 19.4 Å². The van der Waals surface area contributed by atoms with E-state index in [4.69, 9.17) is 4.74 Å². The number of nitrogens with zero attached hydrogens (tertiary/aromatic N) is 1. The Bertz CT molecular complexity index is 469. The molecule has 1 aromatic rings. The molecule has 0 aliphatic carbocycles. The van der Waals surface area contributed by atoms with Crippen LogP contribution in [0.2, 0.25) is 0 Å². The van der Waals surface area contributed by atoms with E-state index < -0.39 is 11.5 Å². The van der Waals surface area contributed by atoms with Crippen molar-refractivity contribution in [3.63, 3.8) is 0 Å². The number of carboxylic acids is 1. The maximum Gasteiger partial charge on any atom is 0.329 e. The molecule has 2 amide bonds. The van der Waals surface area contributed by atoms with Gasteiger partial charge in [0, 0.05) is 39.6 Å². The third-order valence-electron chi connectivity index (χ3n) is 3.45. The zero-order valence-corrected chi connectivity index (χ0v) is 12.1. The minimum Gasteiger partial charge on any atom is -0.480 e. The van der Waals surface area contributed by atoms with Crippen molar-refractivity contribution in [2.24, 2.45) is 0 Å². The van der Waals surface area contributed by atoms with E-state index >= 15 is 0 Å². The van der Waals surface area contributed by atoms with Crippen molar-refractivity contribution in [2.45, 2.75) is 24.9 Å². The zero-order chi connectivity index (χ0) is 14.6. The highest BCUT2D eigenvalue weighted by Crippen LogP contribution is 2.21. The Balaban J connectivity index is 1.99. The molecule has 1 fully saturated rings. The molecule has 0 bridgehead atoms. The van der Waals surface area contributed by atoms with Crippen LogP contribution in [0.1, 0.15) is 18.4 Å². The molecule has 0 unspecified atom stereocenters. The van der Waals surface area contributed by atoms with Gasteiger partial charge in [0.25, 0.3) is 0 Å². The van der Waals surface area contributed by atoms with Gasteiger partial charge >= 0.3 is 12.0 Å². The van der Waals surface area contributed by atoms with Gasteiger partial charge in [0.05, 0.1) is 0 Å². The Labute approximate surface area is 121 Å². The second-order valence-electron chi connectivity index (χ2n) is 4.92. The van der Waals surface area contributed by atoms with Gasteiger partial charge in [0.1, 0.15) is 5.54 Å². The van der Waals surface area contributed by atoms with Crippen LogP contribution in [0.3, 0.4) is 0 Å². The number of carbonyl (C=O) groups is 2. The van der Waals surface area contributed by atoms with E-state index in [1.165, 1.54) is 4.90 Å². The van der Waals surface area contributed by atoms with E-state index in [-0.39, 0.29) is 6.03 Å². The van der Waals surface area contributed by atoms with E-state index in [9.17, 15) is 14.7 Å². The molecule has 0 atom stereocenters. The summed E-state index contributed by atoms with van der Waals surface area (Å²) < 4.78 is 5.18.